The Morgan fingerprint density at radius 1 is 1.14 bits per heavy atom. The molecule has 2 heterocycles. The second kappa shape index (κ2) is 9.04. The monoisotopic (exact) mass is 381 g/mol. The van der Waals surface area contributed by atoms with E-state index in [9.17, 15) is 4.79 Å². The fourth-order valence-corrected chi connectivity index (χ4v) is 3.45. The maximum absolute atomic E-state index is 12.9. The Kier molecular flexibility index (Phi) is 6.49. The molecule has 1 aromatic heterocycles. The first-order chi connectivity index (χ1) is 13.5. The van der Waals surface area contributed by atoms with Crippen LogP contribution in [-0.2, 0) is 0 Å². The van der Waals surface area contributed by atoms with E-state index in [1.807, 2.05) is 4.90 Å². The summed E-state index contributed by atoms with van der Waals surface area (Å²) in [6.45, 7) is 12.6. The second-order valence-corrected chi connectivity index (χ2v) is 7.90. The average molecular weight is 382 g/mol. The zero-order valence-electron chi connectivity index (χ0n) is 17.4. The summed E-state index contributed by atoms with van der Waals surface area (Å²) in [7, 11) is 0. The predicted molar refractivity (Wildman–Crippen MR) is 114 cm³/mol. The van der Waals surface area contributed by atoms with E-state index >= 15 is 0 Å². The van der Waals surface area contributed by atoms with Gasteiger partial charge in [-0.1, -0.05) is 26.0 Å². The molecule has 1 fully saturated rings. The van der Waals surface area contributed by atoms with E-state index in [-0.39, 0.29) is 5.91 Å². The van der Waals surface area contributed by atoms with Crippen LogP contribution in [0.4, 0.5) is 11.5 Å². The van der Waals surface area contributed by atoms with Crippen molar-refractivity contribution in [1.29, 1.82) is 0 Å². The molecule has 0 saturated carbocycles. The molecular formula is C22H31N5O. The number of carbonyl (C=O) groups excluding carboxylic acids is 1. The van der Waals surface area contributed by atoms with Gasteiger partial charge in [0.25, 0.3) is 5.91 Å². The van der Waals surface area contributed by atoms with Gasteiger partial charge in [0.05, 0.1) is 0 Å². The summed E-state index contributed by atoms with van der Waals surface area (Å²) in [6.07, 6.45) is 2.53. The van der Waals surface area contributed by atoms with Crippen molar-refractivity contribution in [2.24, 2.45) is 5.92 Å². The number of hydrogen-bond acceptors (Lipinski definition) is 5. The number of rotatable bonds is 6. The van der Waals surface area contributed by atoms with Crippen LogP contribution >= 0.6 is 0 Å². The Morgan fingerprint density at radius 3 is 2.61 bits per heavy atom. The van der Waals surface area contributed by atoms with Crippen LogP contribution in [0.15, 0.2) is 30.6 Å². The highest BCUT2D eigenvalue weighted by Crippen LogP contribution is 2.24. The average Bonchev–Trinajstić information content (AvgIpc) is 2.70. The standard InChI is InChI=1S/C22H31N5O/c1-16(2)8-9-23-21-14-19(24-15-25-21)22(28)27-12-10-26(11-13-27)20-7-5-6-17(3)18(20)4/h5-7,14-16H,8-13H2,1-4H3,(H,23,24,25). The van der Waals surface area contributed by atoms with E-state index in [1.54, 1.807) is 6.07 Å². The van der Waals surface area contributed by atoms with Crippen LogP contribution in [-0.4, -0.2) is 53.5 Å². The smallest absolute Gasteiger partial charge is 0.272 e. The maximum Gasteiger partial charge on any atom is 0.272 e. The van der Waals surface area contributed by atoms with Gasteiger partial charge in [-0.15, -0.1) is 0 Å². The van der Waals surface area contributed by atoms with Crippen molar-refractivity contribution < 1.29 is 4.79 Å². The fourth-order valence-electron chi connectivity index (χ4n) is 3.45. The first-order valence-corrected chi connectivity index (χ1v) is 10.1. The minimum atomic E-state index is -0.0186. The molecule has 0 aliphatic carbocycles. The Morgan fingerprint density at radius 2 is 1.89 bits per heavy atom. The summed E-state index contributed by atoms with van der Waals surface area (Å²) >= 11 is 0. The Hall–Kier alpha value is -2.63. The molecule has 0 atom stereocenters. The van der Waals surface area contributed by atoms with Gasteiger partial charge in [-0.2, -0.15) is 0 Å². The minimum absolute atomic E-state index is 0.0186. The van der Waals surface area contributed by atoms with Gasteiger partial charge < -0.3 is 15.1 Å². The highest BCUT2D eigenvalue weighted by Gasteiger charge is 2.24. The maximum atomic E-state index is 12.9. The quantitative estimate of drug-likeness (QED) is 0.830. The lowest BCUT2D eigenvalue weighted by molar-refractivity contribution is 0.0740. The normalized spacial score (nSPS) is 14.5. The van der Waals surface area contributed by atoms with Crippen molar-refractivity contribution in [2.45, 2.75) is 34.1 Å². The molecule has 6 nitrogen and oxygen atoms in total. The lowest BCUT2D eigenvalue weighted by Crippen LogP contribution is -2.49. The van der Waals surface area contributed by atoms with Gasteiger partial charge in [0.15, 0.2) is 0 Å². The largest absolute Gasteiger partial charge is 0.370 e. The van der Waals surface area contributed by atoms with Gasteiger partial charge >= 0.3 is 0 Å². The van der Waals surface area contributed by atoms with Gasteiger partial charge in [-0.05, 0) is 43.4 Å². The second-order valence-electron chi connectivity index (χ2n) is 7.90. The Bertz CT molecular complexity index is 812. The van der Waals surface area contributed by atoms with Crippen LogP contribution in [0.5, 0.6) is 0 Å². The summed E-state index contributed by atoms with van der Waals surface area (Å²) < 4.78 is 0. The zero-order chi connectivity index (χ0) is 20.1. The van der Waals surface area contributed by atoms with E-state index < -0.39 is 0 Å². The molecule has 3 rings (SSSR count). The van der Waals surface area contributed by atoms with Crippen molar-refractivity contribution >= 4 is 17.4 Å². The summed E-state index contributed by atoms with van der Waals surface area (Å²) in [6, 6.07) is 8.17. The van der Waals surface area contributed by atoms with Crippen molar-refractivity contribution in [1.82, 2.24) is 14.9 Å². The van der Waals surface area contributed by atoms with Crippen LogP contribution < -0.4 is 10.2 Å². The number of hydrogen-bond donors (Lipinski definition) is 1. The molecule has 1 amide bonds. The van der Waals surface area contributed by atoms with Gasteiger partial charge in [-0.25, -0.2) is 9.97 Å². The first kappa shape index (κ1) is 20.1. The summed E-state index contributed by atoms with van der Waals surface area (Å²) in [5, 5.41) is 3.28. The van der Waals surface area contributed by atoms with Gasteiger partial charge in [0.1, 0.15) is 17.8 Å². The van der Waals surface area contributed by atoms with E-state index in [1.165, 1.54) is 23.1 Å². The van der Waals surface area contributed by atoms with Crippen molar-refractivity contribution in [3.05, 3.63) is 47.4 Å². The van der Waals surface area contributed by atoms with Crippen LogP contribution in [0.25, 0.3) is 0 Å². The topological polar surface area (TPSA) is 61.4 Å². The number of amides is 1. The van der Waals surface area contributed by atoms with Gasteiger partial charge in [0, 0.05) is 44.5 Å². The molecule has 1 aliphatic heterocycles. The molecule has 2 aromatic rings. The first-order valence-electron chi connectivity index (χ1n) is 10.1. The van der Waals surface area contributed by atoms with Crippen molar-refractivity contribution in [3.63, 3.8) is 0 Å². The summed E-state index contributed by atoms with van der Waals surface area (Å²) in [5.41, 5.74) is 4.35. The number of nitrogens with one attached hydrogen (secondary N) is 1. The molecule has 0 bridgehead atoms. The third-order valence-electron chi connectivity index (χ3n) is 5.40. The van der Waals surface area contributed by atoms with Crippen molar-refractivity contribution in [2.75, 3.05) is 42.9 Å². The van der Waals surface area contributed by atoms with Crippen LogP contribution in [0.1, 0.15) is 41.9 Å². The Balaban J connectivity index is 1.60. The predicted octanol–water partition coefficient (Wildman–Crippen LogP) is 3.51. The number of aromatic nitrogens is 2. The molecule has 1 aromatic carbocycles. The molecule has 6 heteroatoms. The number of piperazine rings is 1. The van der Waals surface area contributed by atoms with E-state index in [4.69, 9.17) is 0 Å². The number of benzene rings is 1. The van der Waals surface area contributed by atoms with E-state index in [0.29, 0.717) is 30.5 Å². The van der Waals surface area contributed by atoms with Gasteiger partial charge in [0.2, 0.25) is 0 Å². The number of nitrogens with zero attached hydrogens (tertiary/aromatic N) is 4. The van der Waals surface area contributed by atoms with E-state index in [0.717, 1.165) is 26.1 Å². The zero-order valence-corrected chi connectivity index (χ0v) is 17.4. The van der Waals surface area contributed by atoms with Crippen LogP contribution in [0.3, 0.4) is 0 Å². The van der Waals surface area contributed by atoms with Crippen LogP contribution in [0.2, 0.25) is 0 Å². The molecule has 1 saturated heterocycles. The Labute approximate surface area is 168 Å². The molecule has 28 heavy (non-hydrogen) atoms. The number of aryl methyl sites for hydroxylation is 1. The van der Waals surface area contributed by atoms with Gasteiger partial charge in [-0.3, -0.25) is 4.79 Å². The van der Waals surface area contributed by atoms with Crippen molar-refractivity contribution in [3.8, 4) is 0 Å². The lowest BCUT2D eigenvalue weighted by Gasteiger charge is -2.37. The third kappa shape index (κ3) is 4.80. The summed E-state index contributed by atoms with van der Waals surface area (Å²) in [4.78, 5) is 25.6. The third-order valence-corrected chi connectivity index (χ3v) is 5.40. The minimum Gasteiger partial charge on any atom is -0.370 e. The molecule has 1 N–H and O–H groups in total. The molecule has 1 aliphatic rings. The molecule has 150 valence electrons. The fraction of sp³-hybridized carbons (Fsp3) is 0.500. The van der Waals surface area contributed by atoms with Crippen LogP contribution in [0, 0.1) is 19.8 Å². The molecule has 0 radical (unpaired) electrons. The number of carbonyl (C=O) groups is 1. The van der Waals surface area contributed by atoms with E-state index in [2.05, 4.69) is 66.1 Å². The molecule has 0 spiro atoms. The molecular weight excluding hydrogens is 350 g/mol. The SMILES string of the molecule is Cc1cccc(N2CCN(C(=O)c3cc(NCCC(C)C)ncn3)CC2)c1C. The highest BCUT2D eigenvalue weighted by atomic mass is 16.2. The highest BCUT2D eigenvalue weighted by molar-refractivity contribution is 5.93. The lowest BCUT2D eigenvalue weighted by atomic mass is 10.1. The number of anilines is 2. The summed E-state index contributed by atoms with van der Waals surface area (Å²) in [5.74, 6) is 1.33. The molecule has 0 unspecified atom stereocenters.